The Morgan fingerprint density at radius 3 is 2.60 bits per heavy atom. The molecule has 0 aliphatic carbocycles. The highest BCUT2D eigenvalue weighted by Gasteiger charge is 2.31. The molecule has 0 atom stereocenters. The number of carbonyl (C=O) groups excluding carboxylic acids is 1. The Hall–Kier alpha value is -2.40. The number of thiocarbonyl (C=S) groups is 1. The second-order valence-corrected chi connectivity index (χ2v) is 4.80. The molecule has 1 saturated heterocycles. The van der Waals surface area contributed by atoms with Crippen LogP contribution >= 0.6 is 12.2 Å². The van der Waals surface area contributed by atoms with Crippen LogP contribution in [-0.4, -0.2) is 11.0 Å². The summed E-state index contributed by atoms with van der Waals surface area (Å²) in [6, 6.07) is 13.0. The van der Waals surface area contributed by atoms with Gasteiger partial charge in [0, 0.05) is 6.08 Å². The minimum absolute atomic E-state index is 0.185. The van der Waals surface area contributed by atoms with Gasteiger partial charge in [0.05, 0.1) is 5.69 Å². The maximum atomic E-state index is 12.4. The molecule has 1 N–H and O–H groups in total. The number of amides is 1. The molecule has 2 heterocycles. The van der Waals surface area contributed by atoms with E-state index < -0.39 is 0 Å². The summed E-state index contributed by atoms with van der Waals surface area (Å²) in [4.78, 5) is 13.9. The highest BCUT2D eigenvalue weighted by molar-refractivity contribution is 7.80. The van der Waals surface area contributed by atoms with E-state index in [4.69, 9.17) is 16.6 Å². The van der Waals surface area contributed by atoms with Crippen molar-refractivity contribution in [2.75, 3.05) is 4.90 Å². The maximum Gasteiger partial charge on any atom is 0.281 e. The fourth-order valence-electron chi connectivity index (χ4n) is 2.02. The third-order valence-electron chi connectivity index (χ3n) is 2.94. The smallest absolute Gasteiger partial charge is 0.281 e. The summed E-state index contributed by atoms with van der Waals surface area (Å²) in [6.07, 6.45) is 1.66. The van der Waals surface area contributed by atoms with Gasteiger partial charge in [0.1, 0.15) is 17.2 Å². The molecule has 1 aliphatic rings. The van der Waals surface area contributed by atoms with Crippen molar-refractivity contribution in [1.29, 1.82) is 0 Å². The lowest BCUT2D eigenvalue weighted by Gasteiger charge is -2.13. The molecule has 0 saturated carbocycles. The Bertz CT molecular complexity index is 704. The Balaban J connectivity index is 1.93. The van der Waals surface area contributed by atoms with Crippen LogP contribution in [0, 0.1) is 6.92 Å². The van der Waals surface area contributed by atoms with Crippen molar-refractivity contribution in [3.8, 4) is 0 Å². The summed E-state index contributed by atoms with van der Waals surface area (Å²) < 4.78 is 5.44. The molecule has 5 heteroatoms. The van der Waals surface area contributed by atoms with Gasteiger partial charge in [0.2, 0.25) is 0 Å². The third-order valence-corrected chi connectivity index (χ3v) is 3.22. The van der Waals surface area contributed by atoms with Gasteiger partial charge in [0.25, 0.3) is 5.91 Å². The number of para-hydroxylation sites is 1. The van der Waals surface area contributed by atoms with Gasteiger partial charge in [0.15, 0.2) is 5.11 Å². The molecular formula is C15H12N2O2S. The molecule has 0 radical (unpaired) electrons. The van der Waals surface area contributed by atoms with Crippen LogP contribution in [0.5, 0.6) is 0 Å². The van der Waals surface area contributed by atoms with E-state index in [0.29, 0.717) is 16.6 Å². The van der Waals surface area contributed by atoms with Crippen molar-refractivity contribution in [3.05, 3.63) is 59.7 Å². The second-order valence-electron chi connectivity index (χ2n) is 4.41. The fourth-order valence-corrected chi connectivity index (χ4v) is 2.32. The summed E-state index contributed by atoms with van der Waals surface area (Å²) in [5, 5.41) is 3.29. The number of anilines is 1. The number of hydrogen-bond acceptors (Lipinski definition) is 3. The SMILES string of the molecule is Cc1ccc(/C=C2\NC(=S)N(c3ccccc3)C2=O)o1. The van der Waals surface area contributed by atoms with Crippen molar-refractivity contribution in [1.82, 2.24) is 5.32 Å². The first-order chi connectivity index (χ1) is 9.65. The van der Waals surface area contributed by atoms with E-state index in [1.54, 1.807) is 6.08 Å². The number of rotatable bonds is 2. The predicted octanol–water partition coefficient (Wildman–Crippen LogP) is 2.85. The van der Waals surface area contributed by atoms with E-state index >= 15 is 0 Å². The summed E-state index contributed by atoms with van der Waals surface area (Å²) in [6.45, 7) is 1.85. The number of nitrogens with zero attached hydrogens (tertiary/aromatic N) is 1. The van der Waals surface area contributed by atoms with Crippen LogP contribution in [0.1, 0.15) is 11.5 Å². The standard InChI is InChI=1S/C15H12N2O2S/c1-10-7-8-12(19-10)9-13-14(18)17(15(20)16-13)11-5-3-2-4-6-11/h2-9H,1H3,(H,16,20)/b13-9-. The average Bonchev–Trinajstić information content (AvgIpc) is 2.96. The lowest BCUT2D eigenvalue weighted by molar-refractivity contribution is -0.113. The van der Waals surface area contributed by atoms with Crippen LogP contribution in [0.4, 0.5) is 5.69 Å². The first-order valence-electron chi connectivity index (χ1n) is 6.14. The number of carbonyl (C=O) groups is 1. The van der Waals surface area contributed by atoms with Gasteiger partial charge in [-0.05, 0) is 43.4 Å². The average molecular weight is 284 g/mol. The Morgan fingerprint density at radius 2 is 1.95 bits per heavy atom. The lowest BCUT2D eigenvalue weighted by atomic mass is 10.3. The van der Waals surface area contributed by atoms with E-state index in [9.17, 15) is 4.79 Å². The minimum Gasteiger partial charge on any atom is -0.462 e. The topological polar surface area (TPSA) is 45.5 Å². The van der Waals surface area contributed by atoms with Crippen LogP contribution in [0.3, 0.4) is 0 Å². The van der Waals surface area contributed by atoms with Crippen LogP contribution in [0.2, 0.25) is 0 Å². The van der Waals surface area contributed by atoms with Gasteiger partial charge in [-0.2, -0.15) is 0 Å². The van der Waals surface area contributed by atoms with Crippen LogP contribution in [0.15, 0.2) is 52.6 Å². The van der Waals surface area contributed by atoms with E-state index in [1.165, 1.54) is 4.90 Å². The zero-order valence-electron chi connectivity index (χ0n) is 10.8. The molecular weight excluding hydrogens is 272 g/mol. The predicted molar refractivity (Wildman–Crippen MR) is 81.1 cm³/mol. The van der Waals surface area contributed by atoms with E-state index in [-0.39, 0.29) is 5.91 Å². The minimum atomic E-state index is -0.185. The number of nitrogens with one attached hydrogen (secondary N) is 1. The van der Waals surface area contributed by atoms with Gasteiger partial charge in [-0.3, -0.25) is 9.69 Å². The van der Waals surface area contributed by atoms with Crippen LogP contribution in [-0.2, 0) is 4.79 Å². The van der Waals surface area contributed by atoms with Crippen molar-refractivity contribution >= 4 is 35.0 Å². The highest BCUT2D eigenvalue weighted by Crippen LogP contribution is 2.22. The Labute approximate surface area is 121 Å². The normalized spacial score (nSPS) is 16.9. The molecule has 20 heavy (non-hydrogen) atoms. The largest absolute Gasteiger partial charge is 0.462 e. The summed E-state index contributed by atoms with van der Waals surface area (Å²) in [5.74, 6) is 1.23. The Kier molecular flexibility index (Phi) is 3.12. The number of benzene rings is 1. The molecule has 0 spiro atoms. The Morgan fingerprint density at radius 1 is 1.20 bits per heavy atom. The molecule has 2 aromatic rings. The van der Waals surface area contributed by atoms with Crippen LogP contribution in [0.25, 0.3) is 6.08 Å². The quantitative estimate of drug-likeness (QED) is 0.680. The molecule has 1 aliphatic heterocycles. The zero-order valence-corrected chi connectivity index (χ0v) is 11.6. The second kappa shape index (κ2) is 4.94. The van der Waals surface area contributed by atoms with Gasteiger partial charge in [-0.1, -0.05) is 18.2 Å². The van der Waals surface area contributed by atoms with Crippen LogP contribution < -0.4 is 10.2 Å². The monoisotopic (exact) mass is 284 g/mol. The van der Waals surface area contributed by atoms with Crippen molar-refractivity contribution in [3.63, 3.8) is 0 Å². The zero-order chi connectivity index (χ0) is 14.1. The molecule has 1 aromatic carbocycles. The lowest BCUT2D eigenvalue weighted by Crippen LogP contribution is -2.30. The molecule has 0 unspecified atom stereocenters. The summed E-state index contributed by atoms with van der Waals surface area (Å²) in [5.41, 5.74) is 1.15. The first-order valence-corrected chi connectivity index (χ1v) is 6.54. The fraction of sp³-hybridized carbons (Fsp3) is 0.0667. The third kappa shape index (κ3) is 2.23. The first kappa shape index (κ1) is 12.6. The van der Waals surface area contributed by atoms with E-state index in [1.807, 2.05) is 49.4 Å². The molecule has 3 rings (SSSR count). The molecule has 1 amide bonds. The van der Waals surface area contributed by atoms with Gasteiger partial charge < -0.3 is 9.73 Å². The molecule has 1 aromatic heterocycles. The van der Waals surface area contributed by atoms with Gasteiger partial charge >= 0.3 is 0 Å². The number of hydrogen-bond donors (Lipinski definition) is 1. The number of furan rings is 1. The number of aryl methyl sites for hydroxylation is 1. The summed E-state index contributed by atoms with van der Waals surface area (Å²) in [7, 11) is 0. The van der Waals surface area contributed by atoms with Crippen molar-refractivity contribution < 1.29 is 9.21 Å². The molecule has 1 fully saturated rings. The maximum absolute atomic E-state index is 12.4. The molecule has 4 nitrogen and oxygen atoms in total. The summed E-state index contributed by atoms with van der Waals surface area (Å²) >= 11 is 5.22. The van der Waals surface area contributed by atoms with E-state index in [0.717, 1.165) is 11.4 Å². The molecule has 100 valence electrons. The van der Waals surface area contributed by atoms with Gasteiger partial charge in [-0.25, -0.2) is 0 Å². The highest BCUT2D eigenvalue weighted by atomic mass is 32.1. The molecule has 0 bridgehead atoms. The van der Waals surface area contributed by atoms with Crippen molar-refractivity contribution in [2.24, 2.45) is 0 Å². The van der Waals surface area contributed by atoms with Gasteiger partial charge in [-0.15, -0.1) is 0 Å². The van der Waals surface area contributed by atoms with E-state index in [2.05, 4.69) is 5.32 Å². The van der Waals surface area contributed by atoms with Crippen molar-refractivity contribution in [2.45, 2.75) is 6.92 Å².